The summed E-state index contributed by atoms with van der Waals surface area (Å²) >= 11 is 0. The van der Waals surface area contributed by atoms with Crippen molar-refractivity contribution in [2.45, 2.75) is 44.1 Å². The smallest absolute Gasteiger partial charge is 0.247 e. The number of fused-ring (bicyclic) bond motifs is 1. The molecule has 5 nitrogen and oxygen atoms in total. The van der Waals surface area contributed by atoms with Gasteiger partial charge in [0.2, 0.25) is 5.91 Å². The third-order valence-electron chi connectivity index (χ3n) is 6.38. The van der Waals surface area contributed by atoms with E-state index in [1.165, 1.54) is 0 Å². The highest BCUT2D eigenvalue weighted by molar-refractivity contribution is 5.91. The van der Waals surface area contributed by atoms with Gasteiger partial charge in [0.15, 0.2) is 0 Å². The zero-order chi connectivity index (χ0) is 23.2. The van der Waals surface area contributed by atoms with Gasteiger partial charge in [-0.25, -0.2) is 0 Å². The molecule has 2 aliphatic heterocycles. The third-order valence-corrected chi connectivity index (χ3v) is 6.38. The maximum atomic E-state index is 12.8. The van der Waals surface area contributed by atoms with Gasteiger partial charge in [-0.2, -0.15) is 0 Å². The first-order chi connectivity index (χ1) is 16.8. The highest BCUT2D eigenvalue weighted by Gasteiger charge is 2.53. The zero-order valence-corrected chi connectivity index (χ0v) is 19.0. The van der Waals surface area contributed by atoms with Crippen LogP contribution in [0.3, 0.4) is 0 Å². The van der Waals surface area contributed by atoms with Gasteiger partial charge >= 0.3 is 0 Å². The van der Waals surface area contributed by atoms with Gasteiger partial charge in [-0.3, -0.25) is 4.79 Å². The molecule has 5 heteroatoms. The lowest BCUT2D eigenvalue weighted by molar-refractivity contribution is -0.130. The van der Waals surface area contributed by atoms with Crippen molar-refractivity contribution in [1.82, 2.24) is 4.90 Å². The van der Waals surface area contributed by atoms with Gasteiger partial charge in [-0.05, 0) is 16.7 Å². The molecule has 1 amide bonds. The molecule has 4 atom stereocenters. The van der Waals surface area contributed by atoms with Crippen molar-refractivity contribution in [2.24, 2.45) is 0 Å². The summed E-state index contributed by atoms with van der Waals surface area (Å²) in [5.41, 5.74) is 3.27. The number of nitrogens with zero attached hydrogens (tertiary/aromatic N) is 1. The van der Waals surface area contributed by atoms with E-state index < -0.39 is 0 Å². The summed E-state index contributed by atoms with van der Waals surface area (Å²) in [6.07, 6.45) is 2.99. The summed E-state index contributed by atoms with van der Waals surface area (Å²) in [5, 5.41) is 0. The molecule has 0 saturated carbocycles. The van der Waals surface area contributed by atoms with Crippen LogP contribution >= 0.6 is 0 Å². The second-order valence-electron chi connectivity index (χ2n) is 8.69. The van der Waals surface area contributed by atoms with Gasteiger partial charge in [-0.1, -0.05) is 97.1 Å². The second kappa shape index (κ2) is 10.8. The van der Waals surface area contributed by atoms with Crippen LogP contribution in [0.2, 0.25) is 0 Å². The summed E-state index contributed by atoms with van der Waals surface area (Å²) < 4.78 is 19.0. The topological polar surface area (TPSA) is 48.0 Å². The van der Waals surface area contributed by atoms with Crippen molar-refractivity contribution < 1.29 is 19.0 Å². The highest BCUT2D eigenvalue weighted by Crippen LogP contribution is 2.35. The minimum Gasteiger partial charge on any atom is -0.375 e. The predicted octanol–water partition coefficient (Wildman–Crippen LogP) is 4.52. The molecule has 0 aromatic heterocycles. The Balaban J connectivity index is 1.34. The maximum absolute atomic E-state index is 12.8. The number of amides is 1. The standard InChI is InChI=1S/C29H29NO4/c31-27-17-16-25-28(33-19-23-12-6-2-7-13-23)29(34-20-24-14-8-3-9-15-24)26(30(25)27)21-32-18-22-10-4-1-5-11-22/h1-17,25-26,28-29H,18-21H2/t25-,26-,28-,29-/m1/s1. The highest BCUT2D eigenvalue weighted by atomic mass is 16.5. The van der Waals surface area contributed by atoms with E-state index in [2.05, 4.69) is 0 Å². The maximum Gasteiger partial charge on any atom is 0.247 e. The predicted molar refractivity (Wildman–Crippen MR) is 130 cm³/mol. The summed E-state index contributed by atoms with van der Waals surface area (Å²) in [7, 11) is 0. The molecular formula is C29H29NO4. The molecule has 0 bridgehead atoms. The molecule has 34 heavy (non-hydrogen) atoms. The number of benzene rings is 3. The van der Waals surface area contributed by atoms with Crippen molar-refractivity contribution in [2.75, 3.05) is 6.61 Å². The molecular weight excluding hydrogens is 426 g/mol. The van der Waals surface area contributed by atoms with Gasteiger partial charge < -0.3 is 19.1 Å². The first-order valence-corrected chi connectivity index (χ1v) is 11.7. The Labute approximate surface area is 200 Å². The van der Waals surface area contributed by atoms with Crippen molar-refractivity contribution >= 4 is 5.91 Å². The lowest BCUT2D eigenvalue weighted by Gasteiger charge is -2.27. The van der Waals surface area contributed by atoms with E-state index in [0.29, 0.717) is 26.4 Å². The van der Waals surface area contributed by atoms with Crippen LogP contribution < -0.4 is 0 Å². The first kappa shape index (κ1) is 22.5. The fraction of sp³-hybridized carbons (Fsp3) is 0.276. The van der Waals surface area contributed by atoms with E-state index in [1.807, 2.05) is 102 Å². The van der Waals surface area contributed by atoms with Gasteiger partial charge in [0, 0.05) is 6.08 Å². The largest absolute Gasteiger partial charge is 0.375 e. The lowest BCUT2D eigenvalue weighted by Crippen LogP contribution is -2.43. The third kappa shape index (κ3) is 5.12. The Kier molecular flexibility index (Phi) is 7.15. The fourth-order valence-electron chi connectivity index (χ4n) is 4.71. The molecule has 1 saturated heterocycles. The Hall–Kier alpha value is -3.25. The molecule has 2 heterocycles. The number of carbonyl (C=O) groups excluding carboxylic acids is 1. The quantitative estimate of drug-likeness (QED) is 0.451. The van der Waals surface area contributed by atoms with Crippen molar-refractivity contribution in [1.29, 1.82) is 0 Å². The van der Waals surface area contributed by atoms with Crippen molar-refractivity contribution in [3.05, 3.63) is 120 Å². The number of rotatable bonds is 10. The van der Waals surface area contributed by atoms with E-state index in [-0.39, 0.29) is 30.2 Å². The van der Waals surface area contributed by atoms with Gasteiger partial charge in [-0.15, -0.1) is 0 Å². The first-order valence-electron chi connectivity index (χ1n) is 11.7. The van der Waals surface area contributed by atoms with E-state index in [0.717, 1.165) is 16.7 Å². The average Bonchev–Trinajstić information content (AvgIpc) is 3.40. The molecule has 3 aromatic rings. The molecule has 2 aliphatic rings. The second-order valence-corrected chi connectivity index (χ2v) is 8.69. The Morgan fingerprint density at radius 3 is 1.71 bits per heavy atom. The van der Waals surface area contributed by atoms with Crippen LogP contribution in [-0.2, 0) is 38.8 Å². The summed E-state index contributed by atoms with van der Waals surface area (Å²) in [5.74, 6) is -0.0163. The van der Waals surface area contributed by atoms with Crippen LogP contribution in [0.25, 0.3) is 0 Å². The zero-order valence-electron chi connectivity index (χ0n) is 19.0. The normalized spacial score (nSPS) is 23.4. The monoisotopic (exact) mass is 455 g/mol. The Morgan fingerprint density at radius 1 is 0.647 bits per heavy atom. The SMILES string of the molecule is O=C1C=C[C@@H]2[C@@H](OCc3ccccc3)[C@H](OCc3ccccc3)[C@@H](COCc3ccccc3)N12. The Bertz CT molecular complexity index is 1090. The van der Waals surface area contributed by atoms with Crippen LogP contribution in [0.15, 0.2) is 103 Å². The van der Waals surface area contributed by atoms with Crippen LogP contribution in [0.1, 0.15) is 16.7 Å². The molecule has 0 radical (unpaired) electrons. The number of ether oxygens (including phenoxy) is 3. The minimum atomic E-state index is -0.307. The molecule has 174 valence electrons. The van der Waals surface area contributed by atoms with Gasteiger partial charge in [0.1, 0.15) is 12.2 Å². The Morgan fingerprint density at radius 2 is 1.15 bits per heavy atom. The van der Waals surface area contributed by atoms with Crippen LogP contribution in [0.4, 0.5) is 0 Å². The summed E-state index contributed by atoms with van der Waals surface area (Å²) in [6.45, 7) is 1.77. The molecule has 1 fully saturated rings. The summed E-state index contributed by atoms with van der Waals surface area (Å²) in [4.78, 5) is 14.7. The van der Waals surface area contributed by atoms with Crippen molar-refractivity contribution in [3.8, 4) is 0 Å². The number of hydrogen-bond acceptors (Lipinski definition) is 4. The van der Waals surface area contributed by atoms with E-state index in [1.54, 1.807) is 6.08 Å². The molecule has 0 aliphatic carbocycles. The molecule has 3 aromatic carbocycles. The fourth-order valence-corrected chi connectivity index (χ4v) is 4.71. The number of carbonyl (C=O) groups is 1. The molecule has 0 spiro atoms. The lowest BCUT2D eigenvalue weighted by atomic mass is 10.1. The summed E-state index contributed by atoms with van der Waals surface area (Å²) in [6, 6.07) is 29.8. The van der Waals surface area contributed by atoms with Gasteiger partial charge in [0.25, 0.3) is 0 Å². The van der Waals surface area contributed by atoms with Crippen LogP contribution in [0, 0.1) is 0 Å². The number of hydrogen-bond donors (Lipinski definition) is 0. The minimum absolute atomic E-state index is 0.0163. The average molecular weight is 456 g/mol. The molecule has 0 unspecified atom stereocenters. The van der Waals surface area contributed by atoms with Crippen LogP contribution in [0.5, 0.6) is 0 Å². The molecule has 0 N–H and O–H groups in total. The van der Waals surface area contributed by atoms with E-state index >= 15 is 0 Å². The van der Waals surface area contributed by atoms with Crippen molar-refractivity contribution in [3.63, 3.8) is 0 Å². The molecule has 5 rings (SSSR count). The van der Waals surface area contributed by atoms with E-state index in [9.17, 15) is 4.79 Å². The van der Waals surface area contributed by atoms with Crippen LogP contribution in [-0.4, -0.2) is 41.7 Å². The van der Waals surface area contributed by atoms with E-state index in [4.69, 9.17) is 14.2 Å². The van der Waals surface area contributed by atoms with Gasteiger partial charge in [0.05, 0.1) is 38.5 Å².